The van der Waals surface area contributed by atoms with Gasteiger partial charge >= 0.3 is 0 Å². The van der Waals surface area contributed by atoms with Crippen LogP contribution in [0.2, 0.25) is 0 Å². The highest BCUT2D eigenvalue weighted by atomic mass is 32.2. The van der Waals surface area contributed by atoms with Gasteiger partial charge in [-0.05, 0) is 44.2 Å². The quantitative estimate of drug-likeness (QED) is 0.837. The number of piperidine rings is 2. The molecule has 7 heteroatoms. The number of carbonyl (C=O) groups excluding carboxylic acids is 1. The van der Waals surface area contributed by atoms with Crippen LogP contribution < -0.4 is 0 Å². The number of amides is 1. The molecule has 0 N–H and O–H groups in total. The predicted molar refractivity (Wildman–Crippen MR) is 88.5 cm³/mol. The molecule has 0 bridgehead atoms. The smallest absolute Gasteiger partial charge is 0.246 e. The first-order valence-electron chi connectivity index (χ1n) is 8.46. The maximum atomic E-state index is 14.1. The molecular weight excluding hydrogens is 331 g/mol. The molecule has 1 amide bonds. The Bertz CT molecular complexity index is 715. The Hall–Kier alpha value is -1.47. The highest BCUT2D eigenvalue weighted by Gasteiger charge is 2.36. The summed E-state index contributed by atoms with van der Waals surface area (Å²) in [5, 5.41) is 0. The average molecular weight is 354 g/mol. The van der Waals surface area contributed by atoms with Gasteiger partial charge in [0.1, 0.15) is 10.7 Å². The van der Waals surface area contributed by atoms with E-state index in [1.54, 1.807) is 13.0 Å². The minimum atomic E-state index is -3.89. The van der Waals surface area contributed by atoms with Gasteiger partial charge in [-0.3, -0.25) is 4.79 Å². The second-order valence-electron chi connectivity index (χ2n) is 6.59. The summed E-state index contributed by atoms with van der Waals surface area (Å²) in [4.78, 5) is 13.7. The van der Waals surface area contributed by atoms with Crippen molar-refractivity contribution in [3.8, 4) is 0 Å². The first kappa shape index (κ1) is 17.4. The molecule has 0 radical (unpaired) electrons. The summed E-state index contributed by atoms with van der Waals surface area (Å²) in [5.74, 6) is -0.612. The van der Waals surface area contributed by atoms with Crippen LogP contribution in [0.3, 0.4) is 0 Å². The van der Waals surface area contributed by atoms with Crippen molar-refractivity contribution < 1.29 is 17.6 Å². The molecule has 1 aromatic carbocycles. The van der Waals surface area contributed by atoms with Crippen molar-refractivity contribution in [2.75, 3.05) is 19.6 Å². The zero-order chi connectivity index (χ0) is 17.3. The zero-order valence-electron chi connectivity index (χ0n) is 13.9. The number of likely N-dealkylation sites (tertiary alicyclic amines) is 1. The number of hydrogen-bond donors (Lipinski definition) is 0. The Labute approximate surface area is 142 Å². The Balaban J connectivity index is 1.85. The number of hydrogen-bond acceptors (Lipinski definition) is 3. The van der Waals surface area contributed by atoms with Crippen molar-refractivity contribution >= 4 is 15.9 Å². The molecule has 2 heterocycles. The number of nitrogens with zero attached hydrogens (tertiary/aromatic N) is 2. The molecule has 1 atom stereocenters. The standard InChI is InChI=1S/C17H23FN2O3S/c1-13-6-4-8-15(18)17(13)24(22,23)19-10-5-7-14(12-19)20-11-3-2-9-16(20)21/h4,6,8,14H,2-3,5,7,9-12H2,1H3. The summed E-state index contributed by atoms with van der Waals surface area (Å²) in [6.07, 6.45) is 3.88. The molecule has 5 nitrogen and oxygen atoms in total. The van der Waals surface area contributed by atoms with Gasteiger partial charge in [0.25, 0.3) is 0 Å². The Kier molecular flexibility index (Phi) is 4.92. The van der Waals surface area contributed by atoms with Gasteiger partial charge in [-0.25, -0.2) is 12.8 Å². The van der Waals surface area contributed by atoms with Gasteiger partial charge < -0.3 is 4.90 Å². The molecule has 2 fully saturated rings. The lowest BCUT2D eigenvalue weighted by molar-refractivity contribution is -0.136. The maximum Gasteiger partial charge on any atom is 0.246 e. The van der Waals surface area contributed by atoms with Gasteiger partial charge in [0.2, 0.25) is 15.9 Å². The van der Waals surface area contributed by atoms with Gasteiger partial charge in [0, 0.05) is 32.1 Å². The summed E-state index contributed by atoms with van der Waals surface area (Å²) in [6, 6.07) is 4.18. The van der Waals surface area contributed by atoms with Crippen LogP contribution >= 0.6 is 0 Å². The van der Waals surface area contributed by atoms with Crippen LogP contribution in [0, 0.1) is 12.7 Å². The normalized spacial score (nSPS) is 23.5. The highest BCUT2D eigenvalue weighted by molar-refractivity contribution is 7.89. The largest absolute Gasteiger partial charge is 0.338 e. The van der Waals surface area contributed by atoms with Crippen molar-refractivity contribution in [2.24, 2.45) is 0 Å². The monoisotopic (exact) mass is 354 g/mol. The van der Waals surface area contributed by atoms with Gasteiger partial charge in [0.15, 0.2) is 0 Å². The SMILES string of the molecule is Cc1cccc(F)c1S(=O)(=O)N1CCCC(N2CCCCC2=O)C1. The van der Waals surface area contributed by atoms with E-state index in [4.69, 9.17) is 0 Å². The van der Waals surface area contributed by atoms with Crippen LogP contribution in [0.4, 0.5) is 4.39 Å². The van der Waals surface area contributed by atoms with E-state index in [1.165, 1.54) is 16.4 Å². The van der Waals surface area contributed by atoms with Crippen molar-refractivity contribution in [1.29, 1.82) is 0 Å². The third-order valence-corrected chi connectivity index (χ3v) is 6.97. The van der Waals surface area contributed by atoms with Crippen molar-refractivity contribution in [1.82, 2.24) is 9.21 Å². The van der Waals surface area contributed by atoms with Gasteiger partial charge in [-0.1, -0.05) is 12.1 Å². The van der Waals surface area contributed by atoms with Crippen LogP contribution in [-0.2, 0) is 14.8 Å². The molecule has 2 saturated heterocycles. The minimum absolute atomic E-state index is 0.103. The van der Waals surface area contributed by atoms with Gasteiger partial charge in [-0.2, -0.15) is 4.31 Å². The molecule has 1 aromatic rings. The second kappa shape index (κ2) is 6.80. The van der Waals surface area contributed by atoms with E-state index in [2.05, 4.69) is 0 Å². The lowest BCUT2D eigenvalue weighted by Gasteiger charge is -2.40. The maximum absolute atomic E-state index is 14.1. The molecule has 2 aliphatic rings. The van der Waals surface area contributed by atoms with E-state index in [0.29, 0.717) is 31.5 Å². The van der Waals surface area contributed by atoms with E-state index in [0.717, 1.165) is 19.3 Å². The number of halogens is 1. The second-order valence-corrected chi connectivity index (χ2v) is 8.46. The van der Waals surface area contributed by atoms with Crippen LogP contribution in [0.1, 0.15) is 37.7 Å². The summed E-state index contributed by atoms with van der Waals surface area (Å²) in [7, 11) is -3.89. The lowest BCUT2D eigenvalue weighted by atomic mass is 10.0. The molecule has 0 spiro atoms. The van der Waals surface area contributed by atoms with Crippen molar-refractivity contribution in [2.45, 2.75) is 50.0 Å². The fourth-order valence-corrected chi connectivity index (χ4v) is 5.46. The van der Waals surface area contributed by atoms with E-state index in [9.17, 15) is 17.6 Å². The molecule has 132 valence electrons. The molecule has 2 aliphatic heterocycles. The van der Waals surface area contributed by atoms with E-state index in [-0.39, 0.29) is 23.4 Å². The number of benzene rings is 1. The van der Waals surface area contributed by atoms with Crippen molar-refractivity contribution in [3.63, 3.8) is 0 Å². The van der Waals surface area contributed by atoms with E-state index in [1.807, 2.05) is 4.90 Å². The third-order valence-electron chi connectivity index (χ3n) is 4.92. The first-order chi connectivity index (χ1) is 11.4. The third kappa shape index (κ3) is 3.19. The average Bonchev–Trinajstić information content (AvgIpc) is 2.55. The van der Waals surface area contributed by atoms with Gasteiger partial charge in [0.05, 0.1) is 0 Å². The number of sulfonamides is 1. The molecule has 1 unspecified atom stereocenters. The van der Waals surface area contributed by atoms with Crippen LogP contribution in [-0.4, -0.2) is 49.2 Å². The highest BCUT2D eigenvalue weighted by Crippen LogP contribution is 2.28. The topological polar surface area (TPSA) is 57.7 Å². The first-order valence-corrected chi connectivity index (χ1v) is 9.90. The number of rotatable bonds is 3. The number of aryl methyl sites for hydroxylation is 1. The molecule has 24 heavy (non-hydrogen) atoms. The Morgan fingerprint density at radius 1 is 1.17 bits per heavy atom. The summed E-state index contributed by atoms with van der Waals surface area (Å²) < 4.78 is 41.3. The molecular formula is C17H23FN2O3S. The molecule has 0 aromatic heterocycles. The predicted octanol–water partition coefficient (Wildman–Crippen LogP) is 2.30. The summed E-state index contributed by atoms with van der Waals surface area (Å²) in [6.45, 7) is 2.91. The fraction of sp³-hybridized carbons (Fsp3) is 0.588. The number of carbonyl (C=O) groups is 1. The Morgan fingerprint density at radius 2 is 1.96 bits per heavy atom. The molecule has 3 rings (SSSR count). The lowest BCUT2D eigenvalue weighted by Crippen LogP contribution is -2.53. The van der Waals surface area contributed by atoms with Crippen LogP contribution in [0.15, 0.2) is 23.1 Å². The van der Waals surface area contributed by atoms with E-state index < -0.39 is 15.8 Å². The van der Waals surface area contributed by atoms with Crippen LogP contribution in [0.5, 0.6) is 0 Å². The summed E-state index contributed by atoms with van der Waals surface area (Å²) in [5.41, 5.74) is 0.408. The molecule has 0 saturated carbocycles. The van der Waals surface area contributed by atoms with Crippen molar-refractivity contribution in [3.05, 3.63) is 29.6 Å². The fourth-order valence-electron chi connectivity index (χ4n) is 3.68. The molecule has 0 aliphatic carbocycles. The van der Waals surface area contributed by atoms with Gasteiger partial charge in [-0.15, -0.1) is 0 Å². The minimum Gasteiger partial charge on any atom is -0.338 e. The Morgan fingerprint density at radius 3 is 2.67 bits per heavy atom. The van der Waals surface area contributed by atoms with Crippen LogP contribution in [0.25, 0.3) is 0 Å². The van der Waals surface area contributed by atoms with E-state index >= 15 is 0 Å². The zero-order valence-corrected chi connectivity index (χ0v) is 14.7. The summed E-state index contributed by atoms with van der Waals surface area (Å²) >= 11 is 0.